The lowest BCUT2D eigenvalue weighted by atomic mass is 10.1. The minimum atomic E-state index is 0.534. The Kier molecular flexibility index (Phi) is 4.38. The van der Waals surface area contributed by atoms with Gasteiger partial charge in [0.25, 0.3) is 0 Å². The molecule has 2 N–H and O–H groups in total. The highest BCUT2D eigenvalue weighted by Crippen LogP contribution is 2.23. The molecule has 102 valence electrons. The third kappa shape index (κ3) is 3.05. The summed E-state index contributed by atoms with van der Waals surface area (Å²) in [6, 6.07) is 0. The van der Waals surface area contributed by atoms with Gasteiger partial charge in [-0.25, -0.2) is 15.0 Å². The third-order valence-corrected chi connectivity index (χ3v) is 4.00. The first kappa shape index (κ1) is 14.2. The average molecular weight is 371 g/mol. The largest absolute Gasteiger partial charge is 0.383 e. The van der Waals surface area contributed by atoms with E-state index in [1.807, 2.05) is 4.57 Å². The second-order valence-corrected chi connectivity index (χ2v) is 5.93. The van der Waals surface area contributed by atoms with E-state index in [1.54, 1.807) is 12.5 Å². The maximum absolute atomic E-state index is 6.01. The molecular weight excluding hydrogens is 353 g/mol. The van der Waals surface area contributed by atoms with Crippen molar-refractivity contribution in [1.82, 2.24) is 19.5 Å². The number of nitrogens with zero attached hydrogens (tertiary/aromatic N) is 4. The number of nitrogens with two attached hydrogens (primary N) is 1. The van der Waals surface area contributed by atoms with E-state index in [1.165, 1.54) is 0 Å². The molecule has 0 aromatic carbocycles. The average Bonchev–Trinajstić information content (AvgIpc) is 2.82. The number of hydrogen-bond donors (Lipinski definition) is 1. The number of hydrogen-bond acceptors (Lipinski definition) is 4. The van der Waals surface area contributed by atoms with Gasteiger partial charge < -0.3 is 10.3 Å². The van der Waals surface area contributed by atoms with Gasteiger partial charge >= 0.3 is 0 Å². The predicted molar refractivity (Wildman–Crippen MR) is 84.6 cm³/mol. The topological polar surface area (TPSA) is 69.6 Å². The molecule has 5 nitrogen and oxygen atoms in total. The van der Waals surface area contributed by atoms with Crippen molar-refractivity contribution in [3.8, 4) is 11.5 Å². The van der Waals surface area contributed by atoms with Crippen molar-refractivity contribution in [3.63, 3.8) is 0 Å². The molecule has 2 aromatic rings. The molecule has 0 radical (unpaired) electrons. The highest BCUT2D eigenvalue weighted by Gasteiger charge is 2.14. The van der Waals surface area contributed by atoms with Crippen LogP contribution in [0.3, 0.4) is 0 Å². The van der Waals surface area contributed by atoms with E-state index in [0.717, 1.165) is 27.9 Å². The number of aryl methyl sites for hydroxylation is 1. The second kappa shape index (κ2) is 5.85. The Morgan fingerprint density at radius 1 is 1.37 bits per heavy atom. The Hall–Kier alpha value is -1.18. The normalized spacial score (nSPS) is 11.2. The van der Waals surface area contributed by atoms with Crippen LogP contribution in [0.15, 0.2) is 12.5 Å². The second-order valence-electron chi connectivity index (χ2n) is 4.86. The van der Waals surface area contributed by atoms with Crippen LogP contribution in [0.2, 0.25) is 0 Å². The maximum atomic E-state index is 6.01. The van der Waals surface area contributed by atoms with Gasteiger partial charge in [-0.1, -0.05) is 13.8 Å². The zero-order valence-corrected chi connectivity index (χ0v) is 13.5. The summed E-state index contributed by atoms with van der Waals surface area (Å²) < 4.78 is 2.97. The van der Waals surface area contributed by atoms with Gasteiger partial charge in [0.15, 0.2) is 5.82 Å². The summed E-state index contributed by atoms with van der Waals surface area (Å²) >= 11 is 2.22. The molecule has 2 aromatic heterocycles. The first-order valence-corrected chi connectivity index (χ1v) is 7.43. The summed E-state index contributed by atoms with van der Waals surface area (Å²) in [5.41, 5.74) is 7.93. The van der Waals surface area contributed by atoms with Gasteiger partial charge in [-0.05, 0) is 41.9 Å². The van der Waals surface area contributed by atoms with Crippen LogP contribution in [-0.4, -0.2) is 19.5 Å². The van der Waals surface area contributed by atoms with Gasteiger partial charge in [0.1, 0.15) is 11.5 Å². The van der Waals surface area contributed by atoms with E-state index in [2.05, 4.69) is 58.3 Å². The Balaban J connectivity index is 2.50. The molecule has 0 spiro atoms. The standard InChI is InChI=1S/C13H18IN5/c1-4-19-7-16-6-10(19)13-17-9(5-8(2)3)11(14)12(15)18-13/h6-8H,4-5H2,1-3H3,(H2,15,17,18). The fraction of sp³-hybridized carbons (Fsp3) is 0.462. The molecule has 0 aliphatic heterocycles. The van der Waals surface area contributed by atoms with Crippen LogP contribution in [0.25, 0.3) is 11.5 Å². The molecule has 0 atom stereocenters. The molecule has 0 saturated carbocycles. The zero-order valence-electron chi connectivity index (χ0n) is 11.4. The van der Waals surface area contributed by atoms with Crippen LogP contribution in [0.4, 0.5) is 5.82 Å². The number of imidazole rings is 1. The van der Waals surface area contributed by atoms with Crippen molar-refractivity contribution < 1.29 is 0 Å². The van der Waals surface area contributed by atoms with Crippen LogP contribution < -0.4 is 5.73 Å². The summed E-state index contributed by atoms with van der Waals surface area (Å²) in [4.78, 5) is 13.2. The van der Waals surface area contributed by atoms with Gasteiger partial charge in [0, 0.05) is 6.54 Å². The van der Waals surface area contributed by atoms with Crippen molar-refractivity contribution in [2.45, 2.75) is 33.7 Å². The molecule has 0 fully saturated rings. The smallest absolute Gasteiger partial charge is 0.180 e. The van der Waals surface area contributed by atoms with E-state index < -0.39 is 0 Å². The van der Waals surface area contributed by atoms with E-state index in [-0.39, 0.29) is 0 Å². The summed E-state index contributed by atoms with van der Waals surface area (Å²) in [5.74, 6) is 1.74. The number of nitrogen functional groups attached to an aromatic ring is 1. The molecular formula is C13H18IN5. The molecule has 2 rings (SSSR count). The van der Waals surface area contributed by atoms with Crippen LogP contribution in [0, 0.1) is 9.49 Å². The highest BCUT2D eigenvalue weighted by molar-refractivity contribution is 14.1. The van der Waals surface area contributed by atoms with E-state index in [4.69, 9.17) is 5.73 Å². The minimum absolute atomic E-state index is 0.534. The van der Waals surface area contributed by atoms with E-state index >= 15 is 0 Å². The molecule has 0 bridgehead atoms. The lowest BCUT2D eigenvalue weighted by Crippen LogP contribution is -2.09. The van der Waals surface area contributed by atoms with Crippen molar-refractivity contribution in [1.29, 1.82) is 0 Å². The number of halogens is 1. The minimum Gasteiger partial charge on any atom is -0.383 e. The van der Waals surface area contributed by atoms with Crippen molar-refractivity contribution in [2.75, 3.05) is 5.73 Å². The molecule has 0 saturated heterocycles. The number of rotatable bonds is 4. The lowest BCUT2D eigenvalue weighted by Gasteiger charge is -2.11. The molecule has 0 aliphatic carbocycles. The molecule has 0 unspecified atom stereocenters. The fourth-order valence-electron chi connectivity index (χ4n) is 1.91. The van der Waals surface area contributed by atoms with Crippen LogP contribution in [-0.2, 0) is 13.0 Å². The summed E-state index contributed by atoms with van der Waals surface area (Å²) in [6.45, 7) is 7.25. The first-order chi connectivity index (χ1) is 9.02. The number of aromatic nitrogens is 4. The monoisotopic (exact) mass is 371 g/mol. The predicted octanol–water partition coefficient (Wildman–Crippen LogP) is 2.75. The molecule has 6 heteroatoms. The van der Waals surface area contributed by atoms with Crippen LogP contribution in [0.1, 0.15) is 26.5 Å². The fourth-order valence-corrected chi connectivity index (χ4v) is 2.37. The van der Waals surface area contributed by atoms with Crippen molar-refractivity contribution in [3.05, 3.63) is 21.8 Å². The summed E-state index contributed by atoms with van der Waals surface area (Å²) in [6.07, 6.45) is 4.47. The zero-order chi connectivity index (χ0) is 14.0. The van der Waals surface area contributed by atoms with E-state index in [0.29, 0.717) is 17.6 Å². The summed E-state index contributed by atoms with van der Waals surface area (Å²) in [7, 11) is 0. The van der Waals surface area contributed by atoms with E-state index in [9.17, 15) is 0 Å². The van der Waals surface area contributed by atoms with Gasteiger partial charge in [0.05, 0.1) is 21.8 Å². The van der Waals surface area contributed by atoms with Gasteiger partial charge in [-0.2, -0.15) is 0 Å². The van der Waals surface area contributed by atoms with Crippen LogP contribution >= 0.6 is 22.6 Å². The van der Waals surface area contributed by atoms with Gasteiger partial charge in [-0.3, -0.25) is 0 Å². The Morgan fingerprint density at radius 2 is 2.11 bits per heavy atom. The maximum Gasteiger partial charge on any atom is 0.180 e. The molecule has 19 heavy (non-hydrogen) atoms. The Bertz CT molecular complexity index is 576. The van der Waals surface area contributed by atoms with Gasteiger partial charge in [0.2, 0.25) is 0 Å². The summed E-state index contributed by atoms with van der Waals surface area (Å²) in [5, 5.41) is 0. The SMILES string of the molecule is CCn1cncc1-c1nc(N)c(I)c(CC(C)C)n1. The molecule has 2 heterocycles. The Morgan fingerprint density at radius 3 is 2.74 bits per heavy atom. The number of anilines is 1. The first-order valence-electron chi connectivity index (χ1n) is 6.35. The van der Waals surface area contributed by atoms with Crippen molar-refractivity contribution >= 4 is 28.4 Å². The molecule has 0 aliphatic rings. The molecule has 0 amide bonds. The highest BCUT2D eigenvalue weighted by atomic mass is 127. The quantitative estimate of drug-likeness (QED) is 0.840. The van der Waals surface area contributed by atoms with Crippen molar-refractivity contribution in [2.24, 2.45) is 5.92 Å². The Labute approximate surface area is 126 Å². The van der Waals surface area contributed by atoms with Gasteiger partial charge in [-0.15, -0.1) is 0 Å². The van der Waals surface area contributed by atoms with Crippen LogP contribution in [0.5, 0.6) is 0 Å². The lowest BCUT2D eigenvalue weighted by molar-refractivity contribution is 0.632. The third-order valence-electron chi connectivity index (χ3n) is 2.83.